The average molecular weight is 282 g/mol. The number of thiophene rings is 1. The Balaban J connectivity index is 2.79. The molecule has 1 heterocycles. The largest absolute Gasteiger partial charge is 0.146 e. The van der Waals surface area contributed by atoms with Gasteiger partial charge in [0.2, 0.25) is 0 Å². The molecule has 2 atom stereocenters. The molecule has 0 spiro atoms. The first-order valence-electron chi connectivity index (χ1n) is 4.41. The minimum atomic E-state index is 0.389. The summed E-state index contributed by atoms with van der Waals surface area (Å²) in [6.45, 7) is 6.72. The van der Waals surface area contributed by atoms with E-state index in [2.05, 4.69) is 36.7 Å². The van der Waals surface area contributed by atoms with Crippen molar-refractivity contribution in [2.24, 2.45) is 11.8 Å². The first-order chi connectivity index (χ1) is 6.04. The third-order valence-electron chi connectivity index (χ3n) is 2.41. The van der Waals surface area contributed by atoms with Gasteiger partial charge in [0.25, 0.3) is 0 Å². The van der Waals surface area contributed by atoms with Crippen LogP contribution in [0.1, 0.15) is 30.5 Å². The molecule has 0 radical (unpaired) electrons. The second-order valence-electron chi connectivity index (χ2n) is 3.64. The molecule has 0 fully saturated rings. The van der Waals surface area contributed by atoms with Crippen molar-refractivity contribution in [3.63, 3.8) is 0 Å². The number of halogens is 2. The minimum Gasteiger partial charge on any atom is -0.146 e. The van der Waals surface area contributed by atoms with E-state index in [-0.39, 0.29) is 0 Å². The second kappa shape index (κ2) is 4.81. The Morgan fingerprint density at radius 3 is 2.38 bits per heavy atom. The third kappa shape index (κ3) is 2.71. The molecule has 0 saturated heterocycles. The SMILES string of the molecule is CC(C)C(C)C(Br)c1sccc1Cl. The Kier molecular flexibility index (Phi) is 4.27. The van der Waals surface area contributed by atoms with Crippen LogP contribution in [-0.4, -0.2) is 0 Å². The van der Waals surface area contributed by atoms with E-state index in [1.54, 1.807) is 11.3 Å². The summed E-state index contributed by atoms with van der Waals surface area (Å²) in [6, 6.07) is 1.96. The number of alkyl halides is 1. The molecule has 0 saturated carbocycles. The van der Waals surface area contributed by atoms with Crippen LogP contribution in [0.5, 0.6) is 0 Å². The van der Waals surface area contributed by atoms with Crippen LogP contribution in [0.25, 0.3) is 0 Å². The molecule has 13 heavy (non-hydrogen) atoms. The predicted molar refractivity (Wildman–Crippen MR) is 65.0 cm³/mol. The molecule has 0 bridgehead atoms. The van der Waals surface area contributed by atoms with Gasteiger partial charge in [0.05, 0.1) is 9.85 Å². The molecule has 1 aromatic rings. The van der Waals surface area contributed by atoms with Crippen LogP contribution in [-0.2, 0) is 0 Å². The molecule has 1 rings (SSSR count). The summed E-state index contributed by atoms with van der Waals surface area (Å²) in [7, 11) is 0. The van der Waals surface area contributed by atoms with Crippen molar-refractivity contribution in [2.45, 2.75) is 25.6 Å². The minimum absolute atomic E-state index is 0.389. The molecule has 0 N–H and O–H groups in total. The number of rotatable bonds is 3. The summed E-state index contributed by atoms with van der Waals surface area (Å²) in [5, 5.41) is 2.93. The van der Waals surface area contributed by atoms with Crippen LogP contribution >= 0.6 is 38.9 Å². The maximum atomic E-state index is 6.06. The zero-order valence-corrected chi connectivity index (χ0v) is 11.2. The van der Waals surface area contributed by atoms with Crippen molar-refractivity contribution in [3.05, 3.63) is 21.3 Å². The molecular formula is C10H14BrClS. The van der Waals surface area contributed by atoms with Crippen LogP contribution in [0.2, 0.25) is 5.02 Å². The monoisotopic (exact) mass is 280 g/mol. The van der Waals surface area contributed by atoms with E-state index in [4.69, 9.17) is 11.6 Å². The van der Waals surface area contributed by atoms with Crippen LogP contribution in [0.15, 0.2) is 11.4 Å². The van der Waals surface area contributed by atoms with Crippen molar-refractivity contribution < 1.29 is 0 Å². The van der Waals surface area contributed by atoms with E-state index in [1.807, 2.05) is 11.4 Å². The summed E-state index contributed by atoms with van der Waals surface area (Å²) < 4.78 is 0. The van der Waals surface area contributed by atoms with Crippen molar-refractivity contribution in [1.82, 2.24) is 0 Å². The average Bonchev–Trinajstić information content (AvgIpc) is 2.48. The molecule has 3 heteroatoms. The molecule has 0 nitrogen and oxygen atoms in total. The van der Waals surface area contributed by atoms with E-state index in [0.29, 0.717) is 16.7 Å². The Bertz CT molecular complexity index is 270. The first kappa shape index (κ1) is 11.5. The lowest BCUT2D eigenvalue weighted by atomic mass is 9.94. The fourth-order valence-electron chi connectivity index (χ4n) is 1.08. The summed E-state index contributed by atoms with van der Waals surface area (Å²) in [4.78, 5) is 1.64. The van der Waals surface area contributed by atoms with Gasteiger partial charge in [0, 0.05) is 4.88 Å². The summed E-state index contributed by atoms with van der Waals surface area (Å²) in [5.74, 6) is 1.28. The molecule has 0 aromatic carbocycles. The normalized spacial score (nSPS) is 16.2. The topological polar surface area (TPSA) is 0 Å². The summed E-state index contributed by atoms with van der Waals surface area (Å²) in [6.07, 6.45) is 0. The van der Waals surface area contributed by atoms with E-state index < -0.39 is 0 Å². The number of hydrogen-bond donors (Lipinski definition) is 0. The smallest absolute Gasteiger partial charge is 0.0556 e. The maximum absolute atomic E-state index is 6.06. The van der Waals surface area contributed by atoms with E-state index in [0.717, 1.165) is 5.02 Å². The number of hydrogen-bond acceptors (Lipinski definition) is 1. The maximum Gasteiger partial charge on any atom is 0.0556 e. The van der Waals surface area contributed by atoms with Gasteiger partial charge >= 0.3 is 0 Å². The van der Waals surface area contributed by atoms with Gasteiger partial charge in [0.1, 0.15) is 0 Å². The van der Waals surface area contributed by atoms with Gasteiger partial charge < -0.3 is 0 Å². The fourth-order valence-corrected chi connectivity index (χ4v) is 3.66. The zero-order valence-electron chi connectivity index (χ0n) is 8.05. The van der Waals surface area contributed by atoms with Crippen molar-refractivity contribution in [2.75, 3.05) is 0 Å². The third-order valence-corrected chi connectivity index (χ3v) is 5.44. The quantitative estimate of drug-likeness (QED) is 0.674. The van der Waals surface area contributed by atoms with Crippen molar-refractivity contribution in [3.8, 4) is 0 Å². The van der Waals surface area contributed by atoms with Crippen molar-refractivity contribution in [1.29, 1.82) is 0 Å². The Morgan fingerprint density at radius 1 is 1.38 bits per heavy atom. The highest BCUT2D eigenvalue weighted by atomic mass is 79.9. The van der Waals surface area contributed by atoms with Gasteiger partial charge in [0.15, 0.2) is 0 Å². The standard InChI is InChI=1S/C10H14BrClS/c1-6(2)7(3)9(11)10-8(12)4-5-13-10/h4-7,9H,1-3H3. The van der Waals surface area contributed by atoms with Gasteiger partial charge in [-0.2, -0.15) is 0 Å². The van der Waals surface area contributed by atoms with E-state index in [1.165, 1.54) is 4.88 Å². The highest BCUT2D eigenvalue weighted by Gasteiger charge is 2.22. The lowest BCUT2D eigenvalue weighted by Crippen LogP contribution is -2.09. The van der Waals surface area contributed by atoms with Gasteiger partial charge in [-0.05, 0) is 23.3 Å². The molecular weight excluding hydrogens is 268 g/mol. The first-order valence-corrected chi connectivity index (χ1v) is 6.58. The zero-order chi connectivity index (χ0) is 10.0. The van der Waals surface area contributed by atoms with Gasteiger partial charge in [-0.15, -0.1) is 11.3 Å². The van der Waals surface area contributed by atoms with Crippen LogP contribution in [0.3, 0.4) is 0 Å². The Labute approximate surface area is 97.4 Å². The highest BCUT2D eigenvalue weighted by molar-refractivity contribution is 9.09. The van der Waals surface area contributed by atoms with Gasteiger partial charge in [-0.1, -0.05) is 48.3 Å². The fraction of sp³-hybridized carbons (Fsp3) is 0.600. The van der Waals surface area contributed by atoms with E-state index >= 15 is 0 Å². The molecule has 74 valence electrons. The lowest BCUT2D eigenvalue weighted by Gasteiger charge is -2.21. The van der Waals surface area contributed by atoms with Gasteiger partial charge in [-0.3, -0.25) is 0 Å². The summed E-state index contributed by atoms with van der Waals surface area (Å²) >= 11 is 11.5. The Morgan fingerprint density at radius 2 is 2.00 bits per heavy atom. The molecule has 1 aromatic heterocycles. The molecule has 0 amide bonds. The van der Waals surface area contributed by atoms with Gasteiger partial charge in [-0.25, -0.2) is 0 Å². The van der Waals surface area contributed by atoms with Crippen LogP contribution in [0.4, 0.5) is 0 Å². The van der Waals surface area contributed by atoms with Crippen LogP contribution < -0.4 is 0 Å². The molecule has 0 aliphatic heterocycles. The second-order valence-corrected chi connectivity index (χ2v) is 5.98. The van der Waals surface area contributed by atoms with E-state index in [9.17, 15) is 0 Å². The highest BCUT2D eigenvalue weighted by Crippen LogP contribution is 2.41. The predicted octanol–water partition coefficient (Wildman–Crippen LogP) is 5.13. The Hall–Kier alpha value is 0.470. The van der Waals surface area contributed by atoms with Crippen LogP contribution in [0, 0.1) is 11.8 Å². The molecule has 0 aliphatic rings. The lowest BCUT2D eigenvalue weighted by molar-refractivity contribution is 0.417. The molecule has 0 aliphatic carbocycles. The summed E-state index contributed by atoms with van der Waals surface area (Å²) in [5.41, 5.74) is 0. The van der Waals surface area contributed by atoms with Crippen molar-refractivity contribution >= 4 is 38.9 Å². The molecule has 2 unspecified atom stereocenters.